The van der Waals surface area contributed by atoms with Gasteiger partial charge in [-0.3, -0.25) is 4.79 Å². The van der Waals surface area contributed by atoms with Gasteiger partial charge in [-0.2, -0.15) is 48.3 Å². The number of rotatable bonds is 7. The van der Waals surface area contributed by atoms with Crippen LogP contribution in [-0.2, 0) is 24.5 Å². The summed E-state index contributed by atoms with van der Waals surface area (Å²) in [7, 11) is -14.6. The summed E-state index contributed by atoms with van der Waals surface area (Å²) in [6.07, 6.45) is -6.40. The van der Waals surface area contributed by atoms with Gasteiger partial charge in [0.2, 0.25) is 19.7 Å². The van der Waals surface area contributed by atoms with Crippen molar-refractivity contribution in [1.29, 1.82) is 0 Å². The number of carbonyl (C=O) groups excluding carboxylic acids is 1. The predicted octanol–water partition coefficient (Wildman–Crippen LogP) is 3.19. The smallest absolute Gasteiger partial charge is 0.337 e. The molecule has 1 rings (SSSR count). The second-order valence-electron chi connectivity index (χ2n) is 6.73. The number of nitrogens with zero attached hydrogens (tertiary/aromatic N) is 1. The highest BCUT2D eigenvalue weighted by atomic mass is 32.3. The van der Waals surface area contributed by atoms with E-state index in [0.29, 0.717) is 12.8 Å². The van der Waals surface area contributed by atoms with Crippen molar-refractivity contribution in [3.8, 4) is 0 Å². The molecule has 0 atom stereocenters. The maximum absolute atomic E-state index is 14.1. The molecule has 1 aliphatic rings. The van der Waals surface area contributed by atoms with Crippen LogP contribution in [0.25, 0.3) is 0 Å². The molecule has 1 heterocycles. The molecule has 0 aliphatic carbocycles. The van der Waals surface area contributed by atoms with Crippen LogP contribution in [0.15, 0.2) is 0 Å². The molecule has 0 aromatic rings. The highest BCUT2D eigenvalue weighted by molar-refractivity contribution is 8.09. The van der Waals surface area contributed by atoms with E-state index in [1.807, 2.05) is 0 Å². The average molecular weight is 537 g/mol. The Kier molecular flexibility index (Phi) is 7.54. The third kappa shape index (κ3) is 4.63. The van der Waals surface area contributed by atoms with E-state index in [2.05, 4.69) is 0 Å². The molecule has 0 radical (unpaired) electrons. The number of hydrogen-bond acceptors (Lipinski definition) is 5. The molecule has 32 heavy (non-hydrogen) atoms. The highest BCUT2D eigenvalue weighted by Gasteiger charge is 2.85. The summed E-state index contributed by atoms with van der Waals surface area (Å²) in [5.74, 6) is -18.1. The van der Waals surface area contributed by atoms with Crippen LogP contribution in [0.5, 0.6) is 0 Å². The van der Waals surface area contributed by atoms with E-state index in [4.69, 9.17) is 0 Å². The fraction of sp³-hybridized carbons (Fsp3) is 0.923. The van der Waals surface area contributed by atoms with Crippen molar-refractivity contribution < 1.29 is 69.9 Å². The minimum atomic E-state index is -7.79. The normalized spacial score (nSPS) is 18.4. The van der Waals surface area contributed by atoms with Gasteiger partial charge in [0.15, 0.2) is 5.08 Å². The fourth-order valence-electron chi connectivity index (χ4n) is 2.50. The minimum absolute atomic E-state index is 0.0942. The van der Waals surface area contributed by atoms with Crippen LogP contribution in [0.3, 0.4) is 0 Å². The van der Waals surface area contributed by atoms with Gasteiger partial charge >= 0.3 is 34.4 Å². The Labute approximate surface area is 173 Å². The van der Waals surface area contributed by atoms with Crippen molar-refractivity contribution in [2.45, 2.75) is 54.2 Å². The molecule has 0 bridgehead atoms. The lowest BCUT2D eigenvalue weighted by Gasteiger charge is -2.33. The Balaban J connectivity index is 3.36. The first-order valence-corrected chi connectivity index (χ1v) is 11.6. The maximum Gasteiger partial charge on any atom is 0.460 e. The molecule has 1 aliphatic heterocycles. The van der Waals surface area contributed by atoms with Crippen LogP contribution >= 0.6 is 0 Å². The van der Waals surface area contributed by atoms with E-state index in [1.54, 1.807) is 0 Å². The maximum atomic E-state index is 14.1. The lowest BCUT2D eigenvalue weighted by Crippen LogP contribution is -2.64. The van der Waals surface area contributed by atoms with Crippen molar-refractivity contribution in [2.75, 3.05) is 18.2 Å². The average Bonchev–Trinajstić information content (AvgIpc) is 2.87. The van der Waals surface area contributed by atoms with Crippen LogP contribution in [0, 0.1) is 0 Å². The van der Waals surface area contributed by atoms with Gasteiger partial charge in [0.1, 0.15) is 0 Å². The van der Waals surface area contributed by atoms with Crippen molar-refractivity contribution in [1.82, 2.24) is 4.90 Å². The third-order valence-corrected chi connectivity index (χ3v) is 8.83. The van der Waals surface area contributed by atoms with E-state index in [0.717, 1.165) is 0 Å². The van der Waals surface area contributed by atoms with Crippen molar-refractivity contribution in [2.24, 2.45) is 0 Å². The number of halogens is 11. The number of carbonyl (C=O) groups is 1. The van der Waals surface area contributed by atoms with Crippen LogP contribution in [0.1, 0.15) is 25.7 Å². The first-order valence-electron chi connectivity index (χ1n) is 8.29. The molecule has 190 valence electrons. The Morgan fingerprint density at radius 2 is 1.06 bits per heavy atom. The Morgan fingerprint density at radius 3 is 1.44 bits per heavy atom. The Morgan fingerprint density at radius 1 is 0.656 bits per heavy atom. The highest BCUT2D eigenvalue weighted by Crippen LogP contribution is 2.55. The molecule has 19 heteroatoms. The van der Waals surface area contributed by atoms with Gasteiger partial charge < -0.3 is 4.90 Å². The quantitative estimate of drug-likeness (QED) is 0.466. The third-order valence-electron chi connectivity index (χ3n) is 4.35. The topological polar surface area (TPSA) is 88.6 Å². The summed E-state index contributed by atoms with van der Waals surface area (Å²) in [6, 6.07) is 0. The number of amides is 1. The van der Waals surface area contributed by atoms with Crippen molar-refractivity contribution in [3.05, 3.63) is 0 Å². The molecule has 0 saturated carbocycles. The van der Waals surface area contributed by atoms with Gasteiger partial charge in [0, 0.05) is 13.1 Å². The number of sulfone groups is 2. The van der Waals surface area contributed by atoms with Crippen LogP contribution < -0.4 is 0 Å². The Hall–Kier alpha value is -1.40. The molecule has 0 N–H and O–H groups in total. The molecule has 0 aromatic carbocycles. The zero-order valence-electron chi connectivity index (χ0n) is 15.4. The van der Waals surface area contributed by atoms with Crippen molar-refractivity contribution in [3.63, 3.8) is 0 Å². The molecular formula is C13H14F11NO5S2. The summed E-state index contributed by atoms with van der Waals surface area (Å²) in [6.45, 7) is -0.911. The van der Waals surface area contributed by atoms with Gasteiger partial charge in [-0.1, -0.05) is 12.8 Å². The summed E-state index contributed by atoms with van der Waals surface area (Å²) in [5, 5.41) is -17.0. The van der Waals surface area contributed by atoms with Gasteiger partial charge in [-0.25, -0.2) is 16.8 Å². The number of hydrogen-bond donors (Lipinski definition) is 0. The van der Waals surface area contributed by atoms with Crippen LogP contribution in [-0.4, -0.2) is 74.3 Å². The predicted molar refractivity (Wildman–Crippen MR) is 83.6 cm³/mol. The largest absolute Gasteiger partial charge is 0.460 e. The van der Waals surface area contributed by atoms with Crippen molar-refractivity contribution >= 4 is 25.6 Å². The molecule has 0 aromatic heterocycles. The second-order valence-corrected chi connectivity index (χ2v) is 11.2. The van der Waals surface area contributed by atoms with E-state index in [9.17, 15) is 69.9 Å². The lowest BCUT2D eigenvalue weighted by molar-refractivity contribution is -0.382. The lowest BCUT2D eigenvalue weighted by atomic mass is 10.1. The number of alkyl halides is 11. The van der Waals surface area contributed by atoms with Gasteiger partial charge in [0.25, 0.3) is 0 Å². The second kappa shape index (κ2) is 8.43. The molecule has 0 unspecified atom stereocenters. The molecule has 1 saturated heterocycles. The summed E-state index contributed by atoms with van der Waals surface area (Å²) in [4.78, 5) is 12.1. The van der Waals surface area contributed by atoms with Gasteiger partial charge in [-0.15, -0.1) is 0 Å². The molecular weight excluding hydrogens is 523 g/mol. The first-order chi connectivity index (χ1) is 14.0. The molecule has 6 nitrogen and oxygen atoms in total. The molecule has 1 fully saturated rings. The Bertz CT molecular complexity index is 920. The molecule has 1 amide bonds. The van der Waals surface area contributed by atoms with E-state index < -0.39 is 72.3 Å². The van der Waals surface area contributed by atoms with E-state index >= 15 is 0 Å². The van der Waals surface area contributed by atoms with E-state index in [1.165, 1.54) is 0 Å². The SMILES string of the molecule is O=C(N1CCCCCC1)C(F)(F)S(=O)(=O)CS(=O)(=O)C(F)(F)C(F)(F)C(F)(F)C(F)(F)F. The van der Waals surface area contributed by atoms with Gasteiger partial charge in [0.05, 0.1) is 0 Å². The van der Waals surface area contributed by atoms with Gasteiger partial charge in [-0.05, 0) is 12.8 Å². The zero-order valence-corrected chi connectivity index (χ0v) is 17.0. The molecule has 0 spiro atoms. The fourth-order valence-corrected chi connectivity index (χ4v) is 6.23. The zero-order chi connectivity index (χ0) is 25.6. The van der Waals surface area contributed by atoms with Crippen LogP contribution in [0.4, 0.5) is 48.3 Å². The first kappa shape index (κ1) is 28.6. The summed E-state index contributed by atoms with van der Waals surface area (Å²) in [5.41, 5.74) is 0. The monoisotopic (exact) mass is 537 g/mol. The minimum Gasteiger partial charge on any atom is -0.337 e. The summed E-state index contributed by atoms with van der Waals surface area (Å²) >= 11 is 0. The standard InChI is InChI=1S/C13H14F11NO5S2/c14-9(15,8(26)25-5-3-1-2-4-6-25)31(27,28)7-32(29,30)13(23,24)11(18,19)10(16,17)12(20,21)22/h1-7H2. The summed E-state index contributed by atoms with van der Waals surface area (Å²) < 4.78 is 190. The van der Waals surface area contributed by atoms with E-state index in [-0.39, 0.29) is 17.7 Å². The van der Waals surface area contributed by atoms with Crippen LogP contribution in [0.2, 0.25) is 0 Å². The number of likely N-dealkylation sites (tertiary alicyclic amines) is 1.